The molecule has 0 aliphatic heterocycles. The Hall–Kier alpha value is -1.93. The number of carboxylic acid groups (broad SMARTS) is 1. The van der Waals surface area contributed by atoms with Gasteiger partial charge in [-0.2, -0.15) is 0 Å². The highest BCUT2D eigenvalue weighted by molar-refractivity contribution is 7.12. The maximum Gasteiger partial charge on any atom is 0.328 e. The molecule has 0 radical (unpaired) electrons. The van der Waals surface area contributed by atoms with Crippen LogP contribution in [-0.2, 0) is 9.59 Å². The summed E-state index contributed by atoms with van der Waals surface area (Å²) in [5.41, 5.74) is 0. The molecule has 21 heavy (non-hydrogen) atoms. The Kier molecular flexibility index (Phi) is 6.83. The zero-order valence-electron chi connectivity index (χ0n) is 11.5. The normalized spacial score (nSPS) is 13.2. The Morgan fingerprint density at radius 3 is 2.62 bits per heavy atom. The number of amides is 2. The first-order valence-corrected chi connectivity index (χ1v) is 7.31. The van der Waals surface area contributed by atoms with Crippen molar-refractivity contribution in [3.63, 3.8) is 0 Å². The van der Waals surface area contributed by atoms with E-state index in [2.05, 4.69) is 10.6 Å². The topological polar surface area (TPSA) is 116 Å². The molecule has 1 aromatic heterocycles. The summed E-state index contributed by atoms with van der Waals surface area (Å²) >= 11 is 1.33. The molecule has 7 nitrogen and oxygen atoms in total. The highest BCUT2D eigenvalue weighted by atomic mass is 32.1. The molecule has 0 saturated carbocycles. The van der Waals surface area contributed by atoms with E-state index in [-0.39, 0.29) is 12.3 Å². The van der Waals surface area contributed by atoms with Crippen molar-refractivity contribution >= 4 is 29.1 Å². The number of aliphatic carboxylic acids is 1. The van der Waals surface area contributed by atoms with Crippen molar-refractivity contribution in [1.29, 1.82) is 0 Å². The minimum Gasteiger partial charge on any atom is -0.480 e. The highest BCUT2D eigenvalue weighted by Crippen LogP contribution is 2.07. The van der Waals surface area contributed by atoms with Gasteiger partial charge in [0, 0.05) is 13.0 Å². The van der Waals surface area contributed by atoms with E-state index >= 15 is 0 Å². The summed E-state index contributed by atoms with van der Waals surface area (Å²) in [5.74, 6) is -1.96. The number of carbonyl (C=O) groups excluding carboxylic acids is 2. The van der Waals surface area contributed by atoms with Crippen LogP contribution >= 0.6 is 11.3 Å². The van der Waals surface area contributed by atoms with Crippen LogP contribution in [0.25, 0.3) is 0 Å². The van der Waals surface area contributed by atoms with Crippen LogP contribution in [-0.4, -0.2) is 46.7 Å². The first-order chi connectivity index (χ1) is 9.91. The average Bonchev–Trinajstić information content (AvgIpc) is 2.94. The number of nitrogens with one attached hydrogen (secondary N) is 2. The quantitative estimate of drug-likeness (QED) is 0.512. The fourth-order valence-corrected chi connectivity index (χ4v) is 2.22. The second kappa shape index (κ2) is 8.38. The Labute approximate surface area is 126 Å². The number of hydrogen-bond acceptors (Lipinski definition) is 5. The molecule has 0 fully saturated rings. The number of rotatable bonds is 8. The number of aliphatic hydroxyl groups is 1. The SMILES string of the molecule is CC(O)C(NC(=O)CCCNC(=O)c1cccs1)C(=O)O. The van der Waals surface area contributed by atoms with Gasteiger partial charge in [-0.1, -0.05) is 6.07 Å². The lowest BCUT2D eigenvalue weighted by molar-refractivity contribution is -0.144. The molecule has 2 amide bonds. The van der Waals surface area contributed by atoms with Crippen molar-refractivity contribution in [1.82, 2.24) is 10.6 Å². The first-order valence-electron chi connectivity index (χ1n) is 6.43. The number of thiophene rings is 1. The highest BCUT2D eigenvalue weighted by Gasteiger charge is 2.24. The van der Waals surface area contributed by atoms with Crippen molar-refractivity contribution in [3.8, 4) is 0 Å². The van der Waals surface area contributed by atoms with E-state index in [0.717, 1.165) is 0 Å². The van der Waals surface area contributed by atoms with Gasteiger partial charge < -0.3 is 20.8 Å². The Morgan fingerprint density at radius 2 is 2.10 bits per heavy atom. The molecule has 8 heteroatoms. The van der Waals surface area contributed by atoms with Crippen LogP contribution in [0.4, 0.5) is 0 Å². The molecule has 1 heterocycles. The third-order valence-corrected chi connectivity index (χ3v) is 3.54. The molecule has 2 atom stereocenters. The lowest BCUT2D eigenvalue weighted by atomic mass is 10.1. The summed E-state index contributed by atoms with van der Waals surface area (Å²) in [7, 11) is 0. The van der Waals surface area contributed by atoms with E-state index in [1.54, 1.807) is 17.5 Å². The van der Waals surface area contributed by atoms with Gasteiger partial charge in [-0.05, 0) is 24.8 Å². The number of carbonyl (C=O) groups is 3. The van der Waals surface area contributed by atoms with Gasteiger partial charge in [0.25, 0.3) is 5.91 Å². The first kappa shape index (κ1) is 17.1. The van der Waals surface area contributed by atoms with Crippen molar-refractivity contribution < 1.29 is 24.6 Å². The van der Waals surface area contributed by atoms with Gasteiger partial charge in [-0.3, -0.25) is 9.59 Å². The van der Waals surface area contributed by atoms with Gasteiger partial charge in [0.05, 0.1) is 11.0 Å². The van der Waals surface area contributed by atoms with E-state index in [9.17, 15) is 19.5 Å². The van der Waals surface area contributed by atoms with Crippen LogP contribution in [0, 0.1) is 0 Å². The summed E-state index contributed by atoms with van der Waals surface area (Å²) in [6.45, 7) is 1.61. The van der Waals surface area contributed by atoms with Crippen molar-refractivity contribution in [3.05, 3.63) is 22.4 Å². The van der Waals surface area contributed by atoms with Crippen LogP contribution in [0.15, 0.2) is 17.5 Å². The minimum atomic E-state index is -1.32. The van der Waals surface area contributed by atoms with Crippen LogP contribution in [0.5, 0.6) is 0 Å². The molecule has 0 aromatic carbocycles. The van der Waals surface area contributed by atoms with Crippen LogP contribution in [0.3, 0.4) is 0 Å². The predicted molar refractivity (Wildman–Crippen MR) is 77.1 cm³/mol. The second-order valence-electron chi connectivity index (χ2n) is 4.46. The predicted octanol–water partition coefficient (Wildman–Crippen LogP) is 0.208. The van der Waals surface area contributed by atoms with Gasteiger partial charge >= 0.3 is 5.97 Å². The van der Waals surface area contributed by atoms with Crippen molar-refractivity contribution in [2.45, 2.75) is 31.9 Å². The van der Waals surface area contributed by atoms with Gasteiger partial charge in [0.2, 0.25) is 5.91 Å². The van der Waals surface area contributed by atoms with E-state index < -0.39 is 24.0 Å². The second-order valence-corrected chi connectivity index (χ2v) is 5.41. The molecule has 0 spiro atoms. The molecule has 0 aliphatic carbocycles. The lowest BCUT2D eigenvalue weighted by Crippen LogP contribution is -2.47. The maximum atomic E-state index is 11.6. The lowest BCUT2D eigenvalue weighted by Gasteiger charge is -2.16. The maximum absolute atomic E-state index is 11.6. The Bertz CT molecular complexity index is 487. The molecule has 0 bridgehead atoms. The average molecular weight is 314 g/mol. The van der Waals surface area contributed by atoms with Crippen LogP contribution < -0.4 is 10.6 Å². The summed E-state index contributed by atoms with van der Waals surface area (Å²) in [5, 5.41) is 24.7. The number of carboxylic acids is 1. The number of hydrogen-bond donors (Lipinski definition) is 4. The molecule has 0 aliphatic rings. The Morgan fingerprint density at radius 1 is 1.38 bits per heavy atom. The van der Waals surface area contributed by atoms with E-state index in [4.69, 9.17) is 5.11 Å². The largest absolute Gasteiger partial charge is 0.480 e. The van der Waals surface area contributed by atoms with Crippen molar-refractivity contribution in [2.75, 3.05) is 6.54 Å². The van der Waals surface area contributed by atoms with E-state index in [1.807, 2.05) is 0 Å². The molecule has 116 valence electrons. The fraction of sp³-hybridized carbons (Fsp3) is 0.462. The van der Waals surface area contributed by atoms with Gasteiger partial charge in [-0.25, -0.2) is 4.79 Å². The molecule has 1 rings (SSSR count). The standard InChI is InChI=1S/C13H18N2O5S/c1-8(16)11(13(19)20)15-10(17)5-2-6-14-12(18)9-4-3-7-21-9/h3-4,7-8,11,16H,2,5-6H2,1H3,(H,14,18)(H,15,17)(H,19,20). The summed E-state index contributed by atoms with van der Waals surface area (Å²) in [6, 6.07) is 2.15. The van der Waals surface area contributed by atoms with Crippen LogP contribution in [0.2, 0.25) is 0 Å². The Balaban J connectivity index is 2.24. The summed E-state index contributed by atoms with van der Waals surface area (Å²) in [4.78, 5) is 34.5. The van der Waals surface area contributed by atoms with E-state index in [0.29, 0.717) is 17.8 Å². The van der Waals surface area contributed by atoms with Gasteiger partial charge in [0.1, 0.15) is 0 Å². The minimum absolute atomic E-state index is 0.0707. The monoisotopic (exact) mass is 314 g/mol. The van der Waals surface area contributed by atoms with E-state index in [1.165, 1.54) is 18.3 Å². The van der Waals surface area contributed by atoms with Gasteiger partial charge in [-0.15, -0.1) is 11.3 Å². The zero-order valence-corrected chi connectivity index (χ0v) is 12.4. The molecular formula is C13H18N2O5S. The van der Waals surface area contributed by atoms with Crippen LogP contribution in [0.1, 0.15) is 29.4 Å². The summed E-state index contributed by atoms with van der Waals surface area (Å²) < 4.78 is 0. The smallest absolute Gasteiger partial charge is 0.328 e. The third-order valence-electron chi connectivity index (χ3n) is 2.68. The third kappa shape index (κ3) is 5.92. The van der Waals surface area contributed by atoms with Gasteiger partial charge in [0.15, 0.2) is 6.04 Å². The molecule has 2 unspecified atom stereocenters. The van der Waals surface area contributed by atoms with Crippen molar-refractivity contribution in [2.24, 2.45) is 0 Å². The molecule has 1 aromatic rings. The molecule has 0 saturated heterocycles. The fourth-order valence-electron chi connectivity index (χ4n) is 1.58. The molecular weight excluding hydrogens is 296 g/mol. The summed E-state index contributed by atoms with van der Waals surface area (Å²) in [6.07, 6.45) is -0.721. The molecule has 4 N–H and O–H groups in total. The zero-order chi connectivity index (χ0) is 15.8. The number of aliphatic hydroxyl groups excluding tert-OH is 1.